The van der Waals surface area contributed by atoms with Crippen LogP contribution in [0.3, 0.4) is 0 Å². The second-order valence-corrected chi connectivity index (χ2v) is 6.76. The SMILES string of the molecule is COC(=O)C1(NC(C)C)CCCC(N2CCC(OC)C2)C1. The van der Waals surface area contributed by atoms with Crippen LogP contribution in [0.5, 0.6) is 0 Å². The maximum atomic E-state index is 12.4. The van der Waals surface area contributed by atoms with Crippen molar-refractivity contribution in [3.05, 3.63) is 0 Å². The molecule has 3 atom stereocenters. The van der Waals surface area contributed by atoms with Crippen LogP contribution >= 0.6 is 0 Å². The Kier molecular flexibility index (Phi) is 5.63. The molecule has 1 heterocycles. The van der Waals surface area contributed by atoms with Crippen molar-refractivity contribution in [1.82, 2.24) is 10.2 Å². The molecule has 0 aromatic rings. The average molecular weight is 298 g/mol. The van der Waals surface area contributed by atoms with Crippen LogP contribution in [-0.2, 0) is 14.3 Å². The van der Waals surface area contributed by atoms with Crippen molar-refractivity contribution in [3.8, 4) is 0 Å². The van der Waals surface area contributed by atoms with Gasteiger partial charge in [-0.3, -0.25) is 15.0 Å². The van der Waals surface area contributed by atoms with E-state index in [4.69, 9.17) is 9.47 Å². The summed E-state index contributed by atoms with van der Waals surface area (Å²) in [7, 11) is 3.28. The van der Waals surface area contributed by atoms with E-state index in [0.29, 0.717) is 12.1 Å². The smallest absolute Gasteiger partial charge is 0.326 e. The predicted octanol–water partition coefficient (Wildman–Crippen LogP) is 1.56. The van der Waals surface area contributed by atoms with Crippen molar-refractivity contribution in [2.75, 3.05) is 27.3 Å². The molecule has 0 spiro atoms. The van der Waals surface area contributed by atoms with E-state index < -0.39 is 5.54 Å². The highest BCUT2D eigenvalue weighted by Crippen LogP contribution is 2.34. The Morgan fingerprint density at radius 3 is 2.67 bits per heavy atom. The van der Waals surface area contributed by atoms with E-state index in [0.717, 1.165) is 45.2 Å². The molecule has 21 heavy (non-hydrogen) atoms. The van der Waals surface area contributed by atoms with Crippen molar-refractivity contribution in [2.45, 2.75) is 69.7 Å². The maximum Gasteiger partial charge on any atom is 0.326 e. The first-order chi connectivity index (χ1) is 10.0. The number of methoxy groups -OCH3 is 2. The molecule has 3 unspecified atom stereocenters. The molecule has 1 aliphatic heterocycles. The molecular weight excluding hydrogens is 268 g/mol. The number of carbonyl (C=O) groups is 1. The standard InChI is InChI=1S/C16H30N2O3/c1-12(2)17-16(15(19)21-4)8-5-6-13(10-16)18-9-7-14(11-18)20-3/h12-14,17H,5-11H2,1-4H3. The summed E-state index contributed by atoms with van der Waals surface area (Å²) < 4.78 is 10.6. The molecule has 1 N–H and O–H groups in total. The maximum absolute atomic E-state index is 12.4. The minimum absolute atomic E-state index is 0.108. The number of hydrogen-bond donors (Lipinski definition) is 1. The number of nitrogens with one attached hydrogen (secondary N) is 1. The zero-order valence-electron chi connectivity index (χ0n) is 13.9. The third-order valence-electron chi connectivity index (χ3n) is 4.89. The fourth-order valence-electron chi connectivity index (χ4n) is 3.96. The molecule has 1 saturated carbocycles. The van der Waals surface area contributed by atoms with Gasteiger partial charge in [0.25, 0.3) is 0 Å². The lowest BCUT2D eigenvalue weighted by atomic mass is 9.78. The number of esters is 1. The molecule has 122 valence electrons. The van der Waals surface area contributed by atoms with Crippen LogP contribution < -0.4 is 5.32 Å². The summed E-state index contributed by atoms with van der Waals surface area (Å²) in [6, 6.07) is 0.720. The summed E-state index contributed by atoms with van der Waals surface area (Å²) in [4.78, 5) is 14.9. The van der Waals surface area contributed by atoms with Gasteiger partial charge in [-0.15, -0.1) is 0 Å². The largest absolute Gasteiger partial charge is 0.468 e. The van der Waals surface area contributed by atoms with E-state index in [2.05, 4.69) is 24.1 Å². The van der Waals surface area contributed by atoms with Gasteiger partial charge in [0, 0.05) is 32.3 Å². The lowest BCUT2D eigenvalue weighted by Gasteiger charge is -2.43. The van der Waals surface area contributed by atoms with Crippen LogP contribution in [0.4, 0.5) is 0 Å². The van der Waals surface area contributed by atoms with Crippen LogP contribution in [0, 0.1) is 0 Å². The highest BCUT2D eigenvalue weighted by molar-refractivity contribution is 5.81. The van der Waals surface area contributed by atoms with Gasteiger partial charge in [-0.25, -0.2) is 0 Å². The molecule has 1 saturated heterocycles. The van der Waals surface area contributed by atoms with Gasteiger partial charge in [0.05, 0.1) is 13.2 Å². The van der Waals surface area contributed by atoms with E-state index in [1.54, 1.807) is 7.11 Å². The van der Waals surface area contributed by atoms with E-state index in [9.17, 15) is 4.79 Å². The molecule has 2 fully saturated rings. The molecule has 0 radical (unpaired) electrons. The summed E-state index contributed by atoms with van der Waals surface area (Å²) in [5.74, 6) is -0.108. The predicted molar refractivity (Wildman–Crippen MR) is 82.3 cm³/mol. The molecule has 0 amide bonds. The van der Waals surface area contributed by atoms with Crippen LogP contribution in [0.15, 0.2) is 0 Å². The van der Waals surface area contributed by atoms with Gasteiger partial charge in [-0.2, -0.15) is 0 Å². The van der Waals surface area contributed by atoms with Crippen LogP contribution in [0.2, 0.25) is 0 Å². The third kappa shape index (κ3) is 3.76. The minimum Gasteiger partial charge on any atom is -0.468 e. The molecule has 0 bridgehead atoms. The van der Waals surface area contributed by atoms with E-state index >= 15 is 0 Å². The quantitative estimate of drug-likeness (QED) is 0.781. The fourth-order valence-corrected chi connectivity index (χ4v) is 3.96. The van der Waals surface area contributed by atoms with Gasteiger partial charge >= 0.3 is 5.97 Å². The van der Waals surface area contributed by atoms with Gasteiger partial charge in [0.15, 0.2) is 0 Å². The van der Waals surface area contributed by atoms with E-state index in [1.165, 1.54) is 7.11 Å². The van der Waals surface area contributed by atoms with Gasteiger partial charge in [-0.05, 0) is 46.0 Å². The minimum atomic E-state index is -0.517. The van der Waals surface area contributed by atoms with E-state index in [1.807, 2.05) is 0 Å². The Morgan fingerprint density at radius 2 is 2.10 bits per heavy atom. The van der Waals surface area contributed by atoms with E-state index in [-0.39, 0.29) is 12.0 Å². The zero-order valence-corrected chi connectivity index (χ0v) is 13.9. The summed E-state index contributed by atoms with van der Waals surface area (Å²) >= 11 is 0. The van der Waals surface area contributed by atoms with Gasteiger partial charge < -0.3 is 9.47 Å². The summed E-state index contributed by atoms with van der Waals surface area (Å²) in [5, 5.41) is 3.49. The normalized spacial score (nSPS) is 34.3. The molecular formula is C16H30N2O3. The zero-order chi connectivity index (χ0) is 15.5. The van der Waals surface area contributed by atoms with Crippen molar-refractivity contribution < 1.29 is 14.3 Å². The number of carbonyl (C=O) groups excluding carboxylic acids is 1. The van der Waals surface area contributed by atoms with Crippen LogP contribution in [0.1, 0.15) is 46.0 Å². The third-order valence-corrected chi connectivity index (χ3v) is 4.89. The van der Waals surface area contributed by atoms with Crippen molar-refractivity contribution in [1.29, 1.82) is 0 Å². The number of ether oxygens (including phenoxy) is 2. The summed E-state index contributed by atoms with van der Waals surface area (Å²) in [6.45, 7) is 6.23. The molecule has 2 aliphatic rings. The van der Waals surface area contributed by atoms with Gasteiger partial charge in [-0.1, -0.05) is 0 Å². The van der Waals surface area contributed by atoms with Gasteiger partial charge in [0.1, 0.15) is 5.54 Å². The molecule has 5 heteroatoms. The fraction of sp³-hybridized carbons (Fsp3) is 0.938. The number of rotatable bonds is 5. The first-order valence-electron chi connectivity index (χ1n) is 8.13. The number of hydrogen-bond acceptors (Lipinski definition) is 5. The van der Waals surface area contributed by atoms with Crippen LogP contribution in [-0.4, -0.2) is 61.9 Å². The topological polar surface area (TPSA) is 50.8 Å². The monoisotopic (exact) mass is 298 g/mol. The molecule has 0 aromatic heterocycles. The highest BCUT2D eigenvalue weighted by Gasteiger charge is 2.46. The summed E-state index contributed by atoms with van der Waals surface area (Å²) in [6.07, 6.45) is 5.38. The van der Waals surface area contributed by atoms with Crippen molar-refractivity contribution >= 4 is 5.97 Å². The van der Waals surface area contributed by atoms with Gasteiger partial charge in [0.2, 0.25) is 0 Å². The first kappa shape index (κ1) is 16.7. The van der Waals surface area contributed by atoms with Crippen molar-refractivity contribution in [3.63, 3.8) is 0 Å². The lowest BCUT2D eigenvalue weighted by Crippen LogP contribution is -2.60. The first-order valence-corrected chi connectivity index (χ1v) is 8.13. The number of likely N-dealkylation sites (tertiary alicyclic amines) is 1. The molecule has 1 aliphatic carbocycles. The second-order valence-electron chi connectivity index (χ2n) is 6.76. The molecule has 2 rings (SSSR count). The summed E-state index contributed by atoms with van der Waals surface area (Å²) in [5.41, 5.74) is -0.517. The Bertz CT molecular complexity index is 361. The molecule has 0 aromatic carbocycles. The highest BCUT2D eigenvalue weighted by atomic mass is 16.5. The van der Waals surface area contributed by atoms with Crippen LogP contribution in [0.25, 0.3) is 0 Å². The lowest BCUT2D eigenvalue weighted by molar-refractivity contribution is -0.151. The number of nitrogens with zero attached hydrogens (tertiary/aromatic N) is 1. The second kappa shape index (κ2) is 7.07. The Balaban J connectivity index is 2.07. The Morgan fingerprint density at radius 1 is 1.33 bits per heavy atom. The Labute approximate surface area is 128 Å². The Hall–Kier alpha value is -0.650. The van der Waals surface area contributed by atoms with Crippen molar-refractivity contribution in [2.24, 2.45) is 0 Å². The average Bonchev–Trinajstić information content (AvgIpc) is 2.94. The molecule has 5 nitrogen and oxygen atoms in total.